The van der Waals surface area contributed by atoms with Gasteiger partial charge in [-0.3, -0.25) is 14.4 Å². The number of para-hydroxylation sites is 1. The number of amides is 3. The van der Waals surface area contributed by atoms with Crippen LogP contribution in [0.25, 0.3) is 11.0 Å². The summed E-state index contributed by atoms with van der Waals surface area (Å²) in [7, 11) is 1.60. The van der Waals surface area contributed by atoms with Gasteiger partial charge in [0.25, 0.3) is 0 Å². The number of carbonyl (C=O) groups excluding carboxylic acids is 3. The average molecular weight is 511 g/mol. The molecule has 2 aromatic rings. The summed E-state index contributed by atoms with van der Waals surface area (Å²) in [6.07, 6.45) is 8.90. The van der Waals surface area contributed by atoms with Crippen molar-refractivity contribution in [2.24, 2.45) is 23.7 Å². The van der Waals surface area contributed by atoms with Gasteiger partial charge in [-0.15, -0.1) is 5.10 Å². The molecule has 200 valence electrons. The van der Waals surface area contributed by atoms with Crippen molar-refractivity contribution >= 4 is 28.8 Å². The molecular weight excluding hydrogens is 472 g/mol. The fraction of sp³-hybridized carbons (Fsp3) is 0.593. The second kappa shape index (κ2) is 12.3. The lowest BCUT2D eigenvalue weighted by Gasteiger charge is -2.34. The fourth-order valence-electron chi connectivity index (χ4n) is 5.91. The van der Waals surface area contributed by atoms with Crippen molar-refractivity contribution in [1.82, 2.24) is 30.5 Å². The number of benzene rings is 1. The van der Waals surface area contributed by atoms with E-state index in [9.17, 15) is 14.4 Å². The molecule has 0 saturated carbocycles. The minimum absolute atomic E-state index is 0.0371. The maximum Gasteiger partial charge on any atom is 0.244 e. The van der Waals surface area contributed by atoms with E-state index in [1.54, 1.807) is 16.6 Å². The standard InChI is InChI=1S/C27H38N6O4/c1-3-10-18-13-14-19-23(22(18)25(35)28-2)27(37)32(15-8-4-5-9-16-34)24(19)26(36)29-17-33-21-12-7-6-11-20(21)30-31-33/h6-7,11-14,18-19,22-24,34H,3-5,8-10,15-17H2,1-2H3,(H,28,35)(H,29,36)/t18-,19+,22-,23-,24+/m1/s1. The molecule has 0 spiro atoms. The van der Waals surface area contributed by atoms with Crippen LogP contribution in [0.3, 0.4) is 0 Å². The lowest BCUT2D eigenvalue weighted by Crippen LogP contribution is -2.48. The Balaban J connectivity index is 1.57. The molecule has 3 amide bonds. The topological polar surface area (TPSA) is 129 Å². The van der Waals surface area contributed by atoms with E-state index >= 15 is 0 Å². The Morgan fingerprint density at radius 1 is 1.08 bits per heavy atom. The van der Waals surface area contributed by atoms with Crippen LogP contribution in [0.5, 0.6) is 0 Å². The van der Waals surface area contributed by atoms with Crippen LogP contribution in [-0.4, -0.2) is 69.0 Å². The molecule has 0 unspecified atom stereocenters. The van der Waals surface area contributed by atoms with Crippen LogP contribution in [0.15, 0.2) is 36.4 Å². The first-order valence-corrected chi connectivity index (χ1v) is 13.4. The average Bonchev–Trinajstić information content (AvgIpc) is 3.45. The van der Waals surface area contributed by atoms with Gasteiger partial charge in [0.1, 0.15) is 18.2 Å². The van der Waals surface area contributed by atoms with Gasteiger partial charge in [-0.05, 0) is 37.3 Å². The Hall–Kier alpha value is -3.27. The van der Waals surface area contributed by atoms with E-state index in [2.05, 4.69) is 27.9 Å². The molecule has 10 nitrogen and oxygen atoms in total. The van der Waals surface area contributed by atoms with E-state index in [1.165, 1.54) is 0 Å². The van der Waals surface area contributed by atoms with Gasteiger partial charge in [0.15, 0.2) is 0 Å². The van der Waals surface area contributed by atoms with Crippen LogP contribution in [0.1, 0.15) is 45.4 Å². The molecule has 1 aliphatic heterocycles. The first-order chi connectivity index (χ1) is 18.0. The minimum atomic E-state index is -0.698. The van der Waals surface area contributed by atoms with E-state index in [0.717, 1.165) is 49.6 Å². The van der Waals surface area contributed by atoms with Gasteiger partial charge >= 0.3 is 0 Å². The second-order valence-corrected chi connectivity index (χ2v) is 9.97. The smallest absolute Gasteiger partial charge is 0.244 e. The predicted molar refractivity (Wildman–Crippen MR) is 139 cm³/mol. The van der Waals surface area contributed by atoms with Gasteiger partial charge < -0.3 is 20.6 Å². The van der Waals surface area contributed by atoms with Crippen molar-refractivity contribution in [3.63, 3.8) is 0 Å². The van der Waals surface area contributed by atoms with Crippen molar-refractivity contribution < 1.29 is 19.5 Å². The van der Waals surface area contributed by atoms with Gasteiger partial charge in [0, 0.05) is 26.1 Å². The maximum atomic E-state index is 13.8. The number of rotatable bonds is 12. The number of carbonyl (C=O) groups is 3. The summed E-state index contributed by atoms with van der Waals surface area (Å²) in [6.45, 7) is 2.79. The third kappa shape index (κ3) is 5.53. The zero-order valence-electron chi connectivity index (χ0n) is 21.7. The molecular formula is C27H38N6O4. The Bertz CT molecular complexity index is 1130. The molecule has 1 aromatic heterocycles. The normalized spacial score (nSPS) is 24.9. The Morgan fingerprint density at radius 3 is 2.62 bits per heavy atom. The van der Waals surface area contributed by atoms with Crippen molar-refractivity contribution in [1.29, 1.82) is 0 Å². The predicted octanol–water partition coefficient (Wildman–Crippen LogP) is 1.85. The van der Waals surface area contributed by atoms with Crippen molar-refractivity contribution in [2.45, 2.75) is 58.2 Å². The Labute approximate surface area is 217 Å². The molecule has 3 N–H and O–H groups in total. The summed E-state index contributed by atoms with van der Waals surface area (Å²) >= 11 is 0. The quantitative estimate of drug-likeness (QED) is 0.295. The number of fused-ring (bicyclic) bond motifs is 2. The highest BCUT2D eigenvalue weighted by Gasteiger charge is 2.56. The number of aliphatic hydroxyl groups excluding tert-OH is 1. The molecule has 5 atom stereocenters. The SMILES string of the molecule is CCC[C@@H]1C=C[C@H]2[C@@H](C(=O)N(CCCCCCO)[C@@H]2C(=O)NCn2nnc3ccccc32)[C@@H]1C(=O)NC. The largest absolute Gasteiger partial charge is 0.396 e. The van der Waals surface area contributed by atoms with Gasteiger partial charge in [-0.25, -0.2) is 4.68 Å². The van der Waals surface area contributed by atoms with Crippen LogP contribution in [0.2, 0.25) is 0 Å². The van der Waals surface area contributed by atoms with E-state index < -0.39 is 17.9 Å². The zero-order valence-corrected chi connectivity index (χ0v) is 21.7. The van der Waals surface area contributed by atoms with Crippen LogP contribution < -0.4 is 10.6 Å². The zero-order chi connectivity index (χ0) is 26.4. The third-order valence-corrected chi connectivity index (χ3v) is 7.68. The summed E-state index contributed by atoms with van der Waals surface area (Å²) in [6, 6.07) is 6.82. The Morgan fingerprint density at radius 2 is 1.86 bits per heavy atom. The highest BCUT2D eigenvalue weighted by atomic mass is 16.3. The first-order valence-electron chi connectivity index (χ1n) is 13.4. The lowest BCUT2D eigenvalue weighted by atomic mass is 9.68. The van der Waals surface area contributed by atoms with E-state index in [-0.39, 0.29) is 42.8 Å². The van der Waals surface area contributed by atoms with Crippen LogP contribution in [0.4, 0.5) is 0 Å². The lowest BCUT2D eigenvalue weighted by molar-refractivity contribution is -0.141. The van der Waals surface area contributed by atoms with Gasteiger partial charge in [0.05, 0.1) is 17.4 Å². The molecule has 1 aliphatic carbocycles. The first kappa shape index (κ1) is 26.8. The number of hydrogen-bond donors (Lipinski definition) is 3. The molecule has 1 aromatic carbocycles. The van der Waals surface area contributed by atoms with Crippen LogP contribution in [-0.2, 0) is 21.1 Å². The molecule has 1 fully saturated rings. The number of hydrogen-bond acceptors (Lipinski definition) is 6. The highest BCUT2D eigenvalue weighted by Crippen LogP contribution is 2.45. The number of likely N-dealkylation sites (tertiary alicyclic amines) is 1. The number of unbranched alkanes of at least 4 members (excludes halogenated alkanes) is 3. The molecule has 37 heavy (non-hydrogen) atoms. The van der Waals surface area contributed by atoms with E-state index in [1.807, 2.05) is 36.4 Å². The van der Waals surface area contributed by atoms with Gasteiger partial charge in [-0.1, -0.05) is 55.7 Å². The highest BCUT2D eigenvalue weighted by molar-refractivity contribution is 5.96. The van der Waals surface area contributed by atoms with Crippen molar-refractivity contribution in [3.05, 3.63) is 36.4 Å². The molecule has 10 heteroatoms. The van der Waals surface area contributed by atoms with Crippen molar-refractivity contribution in [3.8, 4) is 0 Å². The van der Waals surface area contributed by atoms with E-state index in [0.29, 0.717) is 6.54 Å². The maximum absolute atomic E-state index is 13.8. The third-order valence-electron chi connectivity index (χ3n) is 7.68. The molecule has 2 heterocycles. The summed E-state index contributed by atoms with van der Waals surface area (Å²) in [5, 5.41) is 23.1. The summed E-state index contributed by atoms with van der Waals surface area (Å²) in [5.41, 5.74) is 1.55. The van der Waals surface area contributed by atoms with Gasteiger partial charge in [0.2, 0.25) is 17.7 Å². The minimum Gasteiger partial charge on any atom is -0.396 e. The number of nitrogens with zero attached hydrogens (tertiary/aromatic N) is 4. The number of allylic oxidation sites excluding steroid dienone is 1. The fourth-order valence-corrected chi connectivity index (χ4v) is 5.91. The number of aromatic nitrogens is 3. The molecule has 1 saturated heterocycles. The van der Waals surface area contributed by atoms with Crippen molar-refractivity contribution in [2.75, 3.05) is 20.2 Å². The molecule has 4 rings (SSSR count). The Kier molecular flexibility index (Phi) is 8.91. The summed E-state index contributed by atoms with van der Waals surface area (Å²) in [5.74, 6) is -2.02. The van der Waals surface area contributed by atoms with Gasteiger partial charge in [-0.2, -0.15) is 0 Å². The summed E-state index contributed by atoms with van der Waals surface area (Å²) < 4.78 is 1.63. The number of aliphatic hydroxyl groups is 1. The summed E-state index contributed by atoms with van der Waals surface area (Å²) in [4.78, 5) is 42.2. The van der Waals surface area contributed by atoms with Crippen LogP contribution in [0, 0.1) is 23.7 Å². The molecule has 2 aliphatic rings. The van der Waals surface area contributed by atoms with Crippen LogP contribution >= 0.6 is 0 Å². The van der Waals surface area contributed by atoms with E-state index in [4.69, 9.17) is 5.11 Å². The monoisotopic (exact) mass is 510 g/mol. The number of nitrogens with one attached hydrogen (secondary N) is 2. The molecule has 0 bridgehead atoms. The molecule has 0 radical (unpaired) electrons. The second-order valence-electron chi connectivity index (χ2n) is 9.97.